The van der Waals surface area contributed by atoms with E-state index in [4.69, 9.17) is 0 Å². The van der Waals surface area contributed by atoms with E-state index in [9.17, 15) is 14.7 Å². The van der Waals surface area contributed by atoms with Crippen LogP contribution in [0, 0.1) is 0 Å². The third-order valence-electron chi connectivity index (χ3n) is 6.52. The van der Waals surface area contributed by atoms with Crippen LogP contribution in [0.5, 0.6) is 5.75 Å². The number of fused-ring (bicyclic) bond motifs is 1. The number of carbonyl (C=O) groups excluding carboxylic acids is 1. The van der Waals surface area contributed by atoms with Gasteiger partial charge in [0.25, 0.3) is 11.5 Å². The fraction of sp³-hybridized carbons (Fsp3) is 0.565. The molecule has 2 aliphatic rings. The predicted molar refractivity (Wildman–Crippen MR) is 115 cm³/mol. The second-order valence-electron chi connectivity index (χ2n) is 8.73. The van der Waals surface area contributed by atoms with Crippen molar-refractivity contribution in [3.63, 3.8) is 0 Å². The van der Waals surface area contributed by atoms with Crippen LogP contribution in [0.3, 0.4) is 0 Å². The van der Waals surface area contributed by atoms with Gasteiger partial charge in [-0.3, -0.25) is 9.59 Å². The van der Waals surface area contributed by atoms with Crippen molar-refractivity contribution >= 4 is 16.8 Å². The minimum absolute atomic E-state index is 0.0547. The van der Waals surface area contributed by atoms with Crippen molar-refractivity contribution in [1.29, 1.82) is 0 Å². The average Bonchev–Trinajstić information content (AvgIpc) is 3.23. The van der Waals surface area contributed by atoms with Crippen LogP contribution in [0.25, 0.3) is 10.9 Å². The number of hydrogen-bond donors (Lipinski definition) is 2. The normalized spacial score (nSPS) is 23.0. The molecule has 1 aromatic heterocycles. The number of likely N-dealkylation sites (tertiary alicyclic amines) is 1. The molecule has 1 amide bonds. The summed E-state index contributed by atoms with van der Waals surface area (Å²) >= 11 is 0. The number of aromatic nitrogens is 1. The maximum Gasteiger partial charge on any atom is 0.267 e. The van der Waals surface area contributed by atoms with Crippen molar-refractivity contribution in [1.82, 2.24) is 14.8 Å². The van der Waals surface area contributed by atoms with Crippen LogP contribution in [-0.2, 0) is 0 Å². The molecular weight excluding hydrogens is 366 g/mol. The molecule has 2 heterocycles. The molecule has 29 heavy (non-hydrogen) atoms. The van der Waals surface area contributed by atoms with E-state index in [1.54, 1.807) is 22.8 Å². The Kier molecular flexibility index (Phi) is 5.63. The standard InChI is InChI=1S/C23H31N3O3/c1-15(2)26-19-8-4-3-7-18(19)21(27)20(23(26)29)22(28)24-16-9-11-17(12-10-16)25-13-5-6-14-25/h3-4,7-8,15-17,27H,5-6,9-14H2,1-2H3,(H,24,28). The number of rotatable bonds is 4. The molecule has 1 aliphatic heterocycles. The molecular formula is C23H31N3O3. The minimum atomic E-state index is -0.461. The van der Waals surface area contributed by atoms with Gasteiger partial charge in [0.1, 0.15) is 11.3 Å². The van der Waals surface area contributed by atoms with Crippen molar-refractivity contribution < 1.29 is 9.90 Å². The molecule has 0 bridgehead atoms. The smallest absolute Gasteiger partial charge is 0.267 e. The van der Waals surface area contributed by atoms with Crippen LogP contribution >= 0.6 is 0 Å². The quantitative estimate of drug-likeness (QED) is 0.829. The molecule has 6 nitrogen and oxygen atoms in total. The Morgan fingerprint density at radius 3 is 2.41 bits per heavy atom. The summed E-state index contributed by atoms with van der Waals surface area (Å²) in [4.78, 5) is 28.7. The van der Waals surface area contributed by atoms with Crippen molar-refractivity contribution in [2.45, 2.75) is 70.5 Å². The van der Waals surface area contributed by atoms with Crippen LogP contribution in [0.15, 0.2) is 29.1 Å². The topological polar surface area (TPSA) is 74.6 Å². The summed E-state index contributed by atoms with van der Waals surface area (Å²) in [5.41, 5.74) is 0.0752. The lowest BCUT2D eigenvalue weighted by atomic mass is 9.90. The molecule has 1 saturated heterocycles. The molecule has 156 valence electrons. The Morgan fingerprint density at radius 2 is 1.76 bits per heavy atom. The summed E-state index contributed by atoms with van der Waals surface area (Å²) in [6.45, 7) is 6.21. The minimum Gasteiger partial charge on any atom is -0.506 e. The molecule has 0 atom stereocenters. The molecule has 0 spiro atoms. The first-order valence-corrected chi connectivity index (χ1v) is 10.9. The largest absolute Gasteiger partial charge is 0.506 e. The number of nitrogens with zero attached hydrogens (tertiary/aromatic N) is 2. The fourth-order valence-corrected chi connectivity index (χ4v) is 5.02. The van der Waals surface area contributed by atoms with Gasteiger partial charge in [-0.15, -0.1) is 0 Å². The van der Waals surface area contributed by atoms with Gasteiger partial charge in [0, 0.05) is 23.5 Å². The maximum absolute atomic E-state index is 13.1. The molecule has 1 aromatic carbocycles. The molecule has 0 radical (unpaired) electrons. The molecule has 2 aromatic rings. The van der Waals surface area contributed by atoms with Gasteiger partial charge in [-0.25, -0.2) is 0 Å². The first kappa shape index (κ1) is 20.0. The van der Waals surface area contributed by atoms with Crippen molar-refractivity contribution in [2.24, 2.45) is 0 Å². The molecule has 2 fully saturated rings. The van der Waals surface area contributed by atoms with Gasteiger partial charge in [0.15, 0.2) is 0 Å². The SMILES string of the molecule is CC(C)n1c(=O)c(C(=O)NC2CCC(N3CCCC3)CC2)c(O)c2ccccc21. The van der Waals surface area contributed by atoms with Gasteiger partial charge >= 0.3 is 0 Å². The van der Waals surface area contributed by atoms with E-state index >= 15 is 0 Å². The Balaban J connectivity index is 1.55. The lowest BCUT2D eigenvalue weighted by Gasteiger charge is -2.34. The number of aromatic hydroxyl groups is 1. The summed E-state index contributed by atoms with van der Waals surface area (Å²) in [6, 6.07) is 7.75. The summed E-state index contributed by atoms with van der Waals surface area (Å²) in [5, 5.41) is 14.3. The van der Waals surface area contributed by atoms with Gasteiger partial charge in [-0.05, 0) is 77.6 Å². The Morgan fingerprint density at radius 1 is 1.10 bits per heavy atom. The molecule has 2 N–H and O–H groups in total. The Labute approximate surface area is 171 Å². The zero-order chi connectivity index (χ0) is 20.5. The van der Waals surface area contributed by atoms with Gasteiger partial charge in [-0.1, -0.05) is 12.1 Å². The Hall–Kier alpha value is -2.34. The summed E-state index contributed by atoms with van der Waals surface area (Å²) in [5.74, 6) is -0.678. The van der Waals surface area contributed by atoms with Crippen LogP contribution in [0.2, 0.25) is 0 Å². The van der Waals surface area contributed by atoms with Crippen molar-refractivity contribution in [3.05, 3.63) is 40.2 Å². The molecule has 0 unspecified atom stereocenters. The number of hydrogen-bond acceptors (Lipinski definition) is 4. The lowest BCUT2D eigenvalue weighted by molar-refractivity contribution is 0.0906. The number of pyridine rings is 1. The van der Waals surface area contributed by atoms with Crippen molar-refractivity contribution in [2.75, 3.05) is 13.1 Å². The highest BCUT2D eigenvalue weighted by atomic mass is 16.3. The second kappa shape index (κ2) is 8.19. The van der Waals surface area contributed by atoms with E-state index in [2.05, 4.69) is 10.2 Å². The number of amides is 1. The van der Waals surface area contributed by atoms with E-state index in [1.165, 1.54) is 25.9 Å². The third-order valence-corrected chi connectivity index (χ3v) is 6.52. The summed E-state index contributed by atoms with van der Waals surface area (Å²) < 4.78 is 1.59. The van der Waals surface area contributed by atoms with Gasteiger partial charge < -0.3 is 19.9 Å². The first-order chi connectivity index (χ1) is 14.0. The van der Waals surface area contributed by atoms with E-state index in [0.29, 0.717) is 16.9 Å². The lowest BCUT2D eigenvalue weighted by Crippen LogP contribution is -2.44. The molecule has 6 heteroatoms. The summed E-state index contributed by atoms with van der Waals surface area (Å²) in [6.07, 6.45) is 6.56. The van der Waals surface area contributed by atoms with Crippen LogP contribution in [0.1, 0.15) is 68.8 Å². The van der Waals surface area contributed by atoms with Crippen LogP contribution in [-0.4, -0.2) is 45.7 Å². The molecule has 1 saturated carbocycles. The second-order valence-corrected chi connectivity index (χ2v) is 8.73. The van der Waals surface area contributed by atoms with Crippen molar-refractivity contribution in [3.8, 4) is 5.75 Å². The van der Waals surface area contributed by atoms with Gasteiger partial charge in [0.2, 0.25) is 0 Å². The highest BCUT2D eigenvalue weighted by Gasteiger charge is 2.30. The number of benzene rings is 1. The van der Waals surface area contributed by atoms with Gasteiger partial charge in [0.05, 0.1) is 5.52 Å². The van der Waals surface area contributed by atoms with Crippen LogP contribution < -0.4 is 10.9 Å². The molecule has 1 aliphatic carbocycles. The zero-order valence-electron chi connectivity index (χ0n) is 17.4. The molecule has 4 rings (SSSR count). The van der Waals surface area contributed by atoms with E-state index in [1.807, 2.05) is 19.9 Å². The Bertz CT molecular complexity index is 952. The maximum atomic E-state index is 13.1. The predicted octanol–water partition coefficient (Wildman–Crippen LogP) is 3.42. The van der Waals surface area contributed by atoms with Gasteiger partial charge in [-0.2, -0.15) is 0 Å². The van der Waals surface area contributed by atoms with E-state index < -0.39 is 11.5 Å². The number of nitrogens with one attached hydrogen (secondary N) is 1. The number of carbonyl (C=O) groups is 1. The van der Waals surface area contributed by atoms with Crippen LogP contribution in [0.4, 0.5) is 0 Å². The third kappa shape index (κ3) is 3.78. The number of para-hydroxylation sites is 1. The van der Waals surface area contributed by atoms with E-state index in [-0.39, 0.29) is 23.4 Å². The highest BCUT2D eigenvalue weighted by molar-refractivity contribution is 6.02. The monoisotopic (exact) mass is 397 g/mol. The highest BCUT2D eigenvalue weighted by Crippen LogP contribution is 2.29. The zero-order valence-corrected chi connectivity index (χ0v) is 17.4. The fourth-order valence-electron chi connectivity index (χ4n) is 5.02. The van der Waals surface area contributed by atoms with E-state index in [0.717, 1.165) is 25.7 Å². The first-order valence-electron chi connectivity index (χ1n) is 10.9. The average molecular weight is 398 g/mol. The summed E-state index contributed by atoms with van der Waals surface area (Å²) in [7, 11) is 0.